The van der Waals surface area contributed by atoms with Crippen LogP contribution >= 0.6 is 11.6 Å². The summed E-state index contributed by atoms with van der Waals surface area (Å²) in [5, 5.41) is 0.742. The number of hydrogen-bond donors (Lipinski definition) is 1. The maximum Gasteiger partial charge on any atom is 0.120 e. The summed E-state index contributed by atoms with van der Waals surface area (Å²) in [7, 11) is 3.76. The van der Waals surface area contributed by atoms with Crippen LogP contribution in [-0.2, 0) is 0 Å². The average molecular weight is 269 g/mol. The molecule has 1 aromatic carbocycles. The van der Waals surface area contributed by atoms with Gasteiger partial charge in [-0.15, -0.1) is 0 Å². The maximum atomic E-state index is 6.30. The molecule has 4 heteroatoms. The molecule has 1 saturated carbocycles. The number of methoxy groups -OCH3 is 1. The molecule has 0 aromatic heterocycles. The normalized spacial score (nSPS) is 23.8. The van der Waals surface area contributed by atoms with Crippen molar-refractivity contribution in [2.75, 3.05) is 19.1 Å². The molecule has 1 aromatic rings. The van der Waals surface area contributed by atoms with Crippen molar-refractivity contribution >= 4 is 17.3 Å². The lowest BCUT2D eigenvalue weighted by Crippen LogP contribution is -2.38. The summed E-state index contributed by atoms with van der Waals surface area (Å²) < 4.78 is 5.17. The van der Waals surface area contributed by atoms with Gasteiger partial charge in [-0.1, -0.05) is 11.6 Å². The minimum absolute atomic E-state index is 0.376. The lowest BCUT2D eigenvalue weighted by atomic mass is 9.91. The summed E-state index contributed by atoms with van der Waals surface area (Å²) in [6, 6.07) is 6.75. The predicted molar refractivity (Wildman–Crippen MR) is 76.6 cm³/mol. The van der Waals surface area contributed by atoms with Crippen LogP contribution in [0.1, 0.15) is 25.7 Å². The molecule has 2 rings (SSSR count). The van der Waals surface area contributed by atoms with Crippen LogP contribution in [0.2, 0.25) is 5.02 Å². The first-order valence-electron chi connectivity index (χ1n) is 6.43. The van der Waals surface area contributed by atoms with Gasteiger partial charge in [-0.3, -0.25) is 0 Å². The molecule has 0 spiro atoms. The molecule has 0 saturated heterocycles. The molecule has 0 aliphatic heterocycles. The van der Waals surface area contributed by atoms with Crippen molar-refractivity contribution in [2.24, 2.45) is 5.73 Å². The van der Waals surface area contributed by atoms with E-state index in [4.69, 9.17) is 22.1 Å². The van der Waals surface area contributed by atoms with Crippen LogP contribution in [0.15, 0.2) is 18.2 Å². The average Bonchev–Trinajstić information content (AvgIpc) is 2.38. The van der Waals surface area contributed by atoms with E-state index >= 15 is 0 Å². The van der Waals surface area contributed by atoms with Crippen LogP contribution in [-0.4, -0.2) is 26.2 Å². The molecule has 0 atom stereocenters. The fourth-order valence-corrected chi connectivity index (χ4v) is 2.89. The minimum atomic E-state index is 0.376. The van der Waals surface area contributed by atoms with Crippen molar-refractivity contribution in [2.45, 2.75) is 37.8 Å². The van der Waals surface area contributed by atoms with Crippen LogP contribution in [0.3, 0.4) is 0 Å². The van der Waals surface area contributed by atoms with E-state index in [0.717, 1.165) is 42.1 Å². The van der Waals surface area contributed by atoms with Gasteiger partial charge in [0.1, 0.15) is 5.75 Å². The Morgan fingerprint density at radius 2 is 1.94 bits per heavy atom. The lowest BCUT2D eigenvalue weighted by Gasteiger charge is -2.35. The maximum absolute atomic E-state index is 6.30. The molecule has 3 nitrogen and oxygen atoms in total. The molecular formula is C14H21ClN2O. The highest BCUT2D eigenvalue weighted by molar-refractivity contribution is 6.33. The Kier molecular flexibility index (Phi) is 4.36. The summed E-state index contributed by atoms with van der Waals surface area (Å²) >= 11 is 6.30. The monoisotopic (exact) mass is 268 g/mol. The molecule has 0 amide bonds. The number of benzene rings is 1. The summed E-state index contributed by atoms with van der Waals surface area (Å²) in [5.41, 5.74) is 7.01. The zero-order valence-corrected chi connectivity index (χ0v) is 11.8. The number of halogens is 1. The number of hydrogen-bond acceptors (Lipinski definition) is 3. The second-order valence-electron chi connectivity index (χ2n) is 5.00. The van der Waals surface area contributed by atoms with Gasteiger partial charge < -0.3 is 15.4 Å². The van der Waals surface area contributed by atoms with Crippen LogP contribution < -0.4 is 15.4 Å². The van der Waals surface area contributed by atoms with Gasteiger partial charge in [0.15, 0.2) is 0 Å². The van der Waals surface area contributed by atoms with Crippen LogP contribution in [0.5, 0.6) is 5.75 Å². The fourth-order valence-electron chi connectivity index (χ4n) is 2.59. The quantitative estimate of drug-likeness (QED) is 0.916. The highest BCUT2D eigenvalue weighted by Crippen LogP contribution is 2.33. The van der Waals surface area contributed by atoms with Crippen molar-refractivity contribution in [1.29, 1.82) is 0 Å². The molecular weight excluding hydrogens is 248 g/mol. The van der Waals surface area contributed by atoms with Crippen molar-refractivity contribution in [3.63, 3.8) is 0 Å². The zero-order valence-electron chi connectivity index (χ0n) is 11.0. The summed E-state index contributed by atoms with van der Waals surface area (Å²) in [6.45, 7) is 0. The van der Waals surface area contributed by atoms with Gasteiger partial charge in [0, 0.05) is 25.2 Å². The smallest absolute Gasteiger partial charge is 0.120 e. The van der Waals surface area contributed by atoms with Crippen LogP contribution in [0, 0.1) is 0 Å². The minimum Gasteiger partial charge on any atom is -0.497 e. The van der Waals surface area contributed by atoms with Gasteiger partial charge in [-0.05, 0) is 37.8 Å². The topological polar surface area (TPSA) is 38.5 Å². The third kappa shape index (κ3) is 2.90. The van der Waals surface area contributed by atoms with Crippen molar-refractivity contribution in [1.82, 2.24) is 0 Å². The first-order valence-corrected chi connectivity index (χ1v) is 6.81. The largest absolute Gasteiger partial charge is 0.497 e. The Labute approximate surface area is 114 Å². The molecule has 1 aliphatic carbocycles. The van der Waals surface area contributed by atoms with Crippen molar-refractivity contribution in [3.05, 3.63) is 23.2 Å². The SMILES string of the molecule is COc1ccc(N(C)C2CCC(N)CC2)c(Cl)c1. The molecule has 18 heavy (non-hydrogen) atoms. The third-order valence-corrected chi connectivity index (χ3v) is 4.13. The van der Waals surface area contributed by atoms with E-state index in [2.05, 4.69) is 11.9 Å². The Balaban J connectivity index is 2.11. The van der Waals surface area contributed by atoms with Gasteiger partial charge in [0.05, 0.1) is 17.8 Å². The fraction of sp³-hybridized carbons (Fsp3) is 0.571. The highest BCUT2D eigenvalue weighted by atomic mass is 35.5. The summed E-state index contributed by atoms with van der Waals surface area (Å²) in [4.78, 5) is 2.27. The number of anilines is 1. The molecule has 1 fully saturated rings. The molecule has 100 valence electrons. The van der Waals surface area contributed by atoms with E-state index in [1.807, 2.05) is 18.2 Å². The third-order valence-electron chi connectivity index (χ3n) is 3.82. The van der Waals surface area contributed by atoms with Crippen molar-refractivity contribution < 1.29 is 4.74 Å². The van der Waals surface area contributed by atoms with E-state index in [1.54, 1.807) is 7.11 Å². The number of nitrogens with zero attached hydrogens (tertiary/aromatic N) is 1. The first kappa shape index (κ1) is 13.5. The standard InChI is InChI=1S/C14H21ClN2O/c1-17(11-5-3-10(16)4-6-11)14-8-7-12(18-2)9-13(14)15/h7-11H,3-6,16H2,1-2H3. The first-order chi connectivity index (χ1) is 8.61. The van der Waals surface area contributed by atoms with Crippen LogP contribution in [0.4, 0.5) is 5.69 Å². The van der Waals surface area contributed by atoms with Crippen LogP contribution in [0.25, 0.3) is 0 Å². The van der Waals surface area contributed by atoms with Crippen molar-refractivity contribution in [3.8, 4) is 5.75 Å². The van der Waals surface area contributed by atoms with E-state index in [0.29, 0.717) is 12.1 Å². The lowest BCUT2D eigenvalue weighted by molar-refractivity contribution is 0.384. The Hall–Kier alpha value is -0.930. The van der Waals surface area contributed by atoms with Gasteiger partial charge >= 0.3 is 0 Å². The molecule has 0 bridgehead atoms. The molecule has 2 N–H and O–H groups in total. The van der Waals surface area contributed by atoms with Gasteiger partial charge in [-0.2, -0.15) is 0 Å². The number of ether oxygens (including phenoxy) is 1. The second-order valence-corrected chi connectivity index (χ2v) is 5.40. The van der Waals surface area contributed by atoms with Gasteiger partial charge in [0.2, 0.25) is 0 Å². The Morgan fingerprint density at radius 3 is 2.50 bits per heavy atom. The Bertz CT molecular complexity index is 403. The highest BCUT2D eigenvalue weighted by Gasteiger charge is 2.23. The number of rotatable bonds is 3. The van der Waals surface area contributed by atoms with E-state index in [1.165, 1.54) is 0 Å². The van der Waals surface area contributed by atoms with Gasteiger partial charge in [-0.25, -0.2) is 0 Å². The van der Waals surface area contributed by atoms with Gasteiger partial charge in [0.25, 0.3) is 0 Å². The predicted octanol–water partition coefficient (Wildman–Crippen LogP) is 3.05. The summed E-state index contributed by atoms with van der Waals surface area (Å²) in [5.74, 6) is 0.794. The molecule has 0 unspecified atom stereocenters. The van der Waals surface area contributed by atoms with E-state index in [-0.39, 0.29) is 0 Å². The van der Waals surface area contributed by atoms with E-state index in [9.17, 15) is 0 Å². The zero-order chi connectivity index (χ0) is 13.1. The molecule has 0 radical (unpaired) electrons. The Morgan fingerprint density at radius 1 is 1.28 bits per heavy atom. The summed E-state index contributed by atoms with van der Waals surface area (Å²) in [6.07, 6.45) is 4.48. The molecule has 0 heterocycles. The van der Waals surface area contributed by atoms with E-state index < -0.39 is 0 Å². The second kappa shape index (κ2) is 5.81. The number of nitrogens with two attached hydrogens (primary N) is 1. The molecule has 1 aliphatic rings.